The molecule has 1 amide bonds. The Labute approximate surface area is 127 Å². The maximum Gasteiger partial charge on any atom is 0.233 e. The molecule has 0 aromatic rings. The molecular formula is C14H28N4OS. The quantitative estimate of drug-likeness (QED) is 0.697. The fourth-order valence-corrected chi connectivity index (χ4v) is 3.11. The molecule has 1 atom stereocenters. The van der Waals surface area contributed by atoms with Crippen LogP contribution in [0.1, 0.15) is 26.7 Å². The molecule has 1 aliphatic heterocycles. The lowest BCUT2D eigenvalue weighted by atomic mass is 9.81. The molecule has 116 valence electrons. The molecule has 1 heterocycles. The maximum absolute atomic E-state index is 12.5. The number of likely N-dealkylation sites (N-methyl/N-ethyl adjacent to an activating group) is 2. The fourth-order valence-electron chi connectivity index (χ4n) is 2.73. The van der Waals surface area contributed by atoms with Crippen LogP contribution in [0.25, 0.3) is 0 Å². The summed E-state index contributed by atoms with van der Waals surface area (Å²) in [5.74, 6) is -0.0309. The first-order valence-electron chi connectivity index (χ1n) is 7.34. The summed E-state index contributed by atoms with van der Waals surface area (Å²) in [5, 5.41) is 3.05. The van der Waals surface area contributed by atoms with E-state index in [1.165, 1.54) is 0 Å². The van der Waals surface area contributed by atoms with E-state index < -0.39 is 5.41 Å². The van der Waals surface area contributed by atoms with E-state index in [1.807, 2.05) is 13.8 Å². The molecule has 1 rings (SSSR count). The van der Waals surface area contributed by atoms with Crippen LogP contribution in [-0.4, -0.2) is 67.0 Å². The van der Waals surface area contributed by atoms with Gasteiger partial charge in [-0.2, -0.15) is 0 Å². The summed E-state index contributed by atoms with van der Waals surface area (Å²) in [5.41, 5.74) is 5.10. The smallest absolute Gasteiger partial charge is 0.233 e. The second kappa shape index (κ2) is 7.33. The third-order valence-corrected chi connectivity index (χ3v) is 4.98. The number of amides is 1. The number of carbonyl (C=O) groups is 1. The van der Waals surface area contributed by atoms with Crippen LogP contribution < -0.4 is 11.1 Å². The molecule has 0 saturated carbocycles. The average Bonchev–Trinajstić information content (AvgIpc) is 2.41. The first kappa shape index (κ1) is 17.3. The van der Waals surface area contributed by atoms with Crippen LogP contribution >= 0.6 is 12.2 Å². The first-order chi connectivity index (χ1) is 9.37. The number of thiocarbonyl (C=S) groups is 1. The molecule has 1 unspecified atom stereocenters. The summed E-state index contributed by atoms with van der Waals surface area (Å²) in [6, 6.07) is 0.343. The van der Waals surface area contributed by atoms with Gasteiger partial charge in [0.15, 0.2) is 0 Å². The summed E-state index contributed by atoms with van der Waals surface area (Å²) in [7, 11) is 4.21. The number of rotatable bonds is 6. The van der Waals surface area contributed by atoms with E-state index >= 15 is 0 Å². The highest BCUT2D eigenvalue weighted by Gasteiger charge is 2.38. The average molecular weight is 300 g/mol. The fraction of sp³-hybridized carbons (Fsp3) is 0.857. The lowest BCUT2D eigenvalue weighted by Crippen LogP contribution is -2.56. The van der Waals surface area contributed by atoms with Crippen molar-refractivity contribution in [1.29, 1.82) is 0 Å². The zero-order chi connectivity index (χ0) is 15.3. The largest absolute Gasteiger partial charge is 0.392 e. The molecule has 20 heavy (non-hydrogen) atoms. The van der Waals surface area contributed by atoms with Crippen molar-refractivity contribution in [3.05, 3.63) is 0 Å². The molecule has 0 aliphatic carbocycles. The summed E-state index contributed by atoms with van der Waals surface area (Å²) in [6.45, 7) is 7.63. The van der Waals surface area contributed by atoms with Crippen molar-refractivity contribution < 1.29 is 4.79 Å². The number of carbonyl (C=O) groups excluding carboxylic acids is 1. The third kappa shape index (κ3) is 3.68. The van der Waals surface area contributed by atoms with E-state index in [1.54, 1.807) is 0 Å². The van der Waals surface area contributed by atoms with Crippen molar-refractivity contribution in [1.82, 2.24) is 15.1 Å². The van der Waals surface area contributed by atoms with Gasteiger partial charge in [-0.05, 0) is 26.9 Å². The van der Waals surface area contributed by atoms with Gasteiger partial charge in [-0.1, -0.05) is 26.1 Å². The Balaban J connectivity index is 2.63. The Bertz CT molecular complexity index is 357. The minimum atomic E-state index is -0.700. The number of nitrogens with one attached hydrogen (secondary N) is 1. The Morgan fingerprint density at radius 2 is 1.95 bits per heavy atom. The van der Waals surface area contributed by atoms with Crippen molar-refractivity contribution in [3.8, 4) is 0 Å². The molecular weight excluding hydrogens is 272 g/mol. The molecule has 0 bridgehead atoms. The number of piperazine rings is 1. The Hall–Kier alpha value is -0.720. The Kier molecular flexibility index (Phi) is 6.36. The van der Waals surface area contributed by atoms with Crippen LogP contribution in [-0.2, 0) is 4.79 Å². The molecule has 0 radical (unpaired) electrons. The van der Waals surface area contributed by atoms with E-state index in [0.29, 0.717) is 30.4 Å². The number of nitrogens with two attached hydrogens (primary N) is 1. The van der Waals surface area contributed by atoms with Gasteiger partial charge >= 0.3 is 0 Å². The van der Waals surface area contributed by atoms with Crippen molar-refractivity contribution in [2.75, 3.05) is 40.3 Å². The minimum absolute atomic E-state index is 0.0309. The van der Waals surface area contributed by atoms with Gasteiger partial charge in [-0.3, -0.25) is 9.69 Å². The molecule has 0 aromatic carbocycles. The summed E-state index contributed by atoms with van der Waals surface area (Å²) in [4.78, 5) is 17.4. The first-order valence-corrected chi connectivity index (χ1v) is 7.75. The van der Waals surface area contributed by atoms with Gasteiger partial charge < -0.3 is 16.0 Å². The predicted molar refractivity (Wildman–Crippen MR) is 86.7 cm³/mol. The number of nitrogens with zero attached hydrogens (tertiary/aromatic N) is 2. The van der Waals surface area contributed by atoms with E-state index in [4.69, 9.17) is 18.0 Å². The van der Waals surface area contributed by atoms with Crippen molar-refractivity contribution in [2.24, 2.45) is 11.1 Å². The number of hydrogen-bond acceptors (Lipinski definition) is 4. The third-order valence-electron chi connectivity index (χ3n) is 4.59. The van der Waals surface area contributed by atoms with Crippen molar-refractivity contribution in [2.45, 2.75) is 32.7 Å². The normalized spacial score (nSPS) is 21.7. The summed E-state index contributed by atoms with van der Waals surface area (Å²) < 4.78 is 0. The van der Waals surface area contributed by atoms with E-state index in [-0.39, 0.29) is 5.91 Å². The van der Waals surface area contributed by atoms with Crippen molar-refractivity contribution >= 4 is 23.1 Å². The van der Waals surface area contributed by atoms with Gasteiger partial charge in [-0.15, -0.1) is 0 Å². The second-order valence-corrected chi connectivity index (χ2v) is 6.20. The molecule has 0 spiro atoms. The zero-order valence-electron chi connectivity index (χ0n) is 13.1. The van der Waals surface area contributed by atoms with Gasteiger partial charge in [0.25, 0.3) is 0 Å². The molecule has 1 saturated heterocycles. The van der Waals surface area contributed by atoms with Gasteiger partial charge in [0.1, 0.15) is 0 Å². The zero-order valence-corrected chi connectivity index (χ0v) is 13.9. The lowest BCUT2D eigenvalue weighted by molar-refractivity contribution is -0.128. The summed E-state index contributed by atoms with van der Waals surface area (Å²) in [6.07, 6.45) is 1.29. The maximum atomic E-state index is 12.5. The molecule has 5 nitrogen and oxygen atoms in total. The summed E-state index contributed by atoms with van der Waals surface area (Å²) >= 11 is 5.11. The van der Waals surface area contributed by atoms with Gasteiger partial charge in [0.05, 0.1) is 10.4 Å². The van der Waals surface area contributed by atoms with Crippen LogP contribution in [0.4, 0.5) is 0 Å². The molecule has 6 heteroatoms. The van der Waals surface area contributed by atoms with E-state index in [0.717, 1.165) is 19.6 Å². The molecule has 3 N–H and O–H groups in total. The Morgan fingerprint density at radius 3 is 2.45 bits per heavy atom. The van der Waals surface area contributed by atoms with Crippen LogP contribution in [0.2, 0.25) is 0 Å². The highest BCUT2D eigenvalue weighted by Crippen LogP contribution is 2.27. The van der Waals surface area contributed by atoms with Crippen LogP contribution in [0.15, 0.2) is 0 Å². The SMILES string of the molecule is CCC(CC)(C(=O)NCC1CN(C)CCN1C)C(N)=S. The van der Waals surface area contributed by atoms with Gasteiger partial charge in [-0.25, -0.2) is 0 Å². The molecule has 1 aliphatic rings. The van der Waals surface area contributed by atoms with Crippen LogP contribution in [0.5, 0.6) is 0 Å². The van der Waals surface area contributed by atoms with Crippen LogP contribution in [0, 0.1) is 5.41 Å². The van der Waals surface area contributed by atoms with E-state index in [9.17, 15) is 4.79 Å². The highest BCUT2D eigenvalue weighted by molar-refractivity contribution is 7.80. The monoisotopic (exact) mass is 300 g/mol. The lowest BCUT2D eigenvalue weighted by Gasteiger charge is -2.38. The molecule has 1 fully saturated rings. The highest BCUT2D eigenvalue weighted by atomic mass is 32.1. The van der Waals surface area contributed by atoms with Gasteiger partial charge in [0.2, 0.25) is 5.91 Å². The number of hydrogen-bond donors (Lipinski definition) is 2. The Morgan fingerprint density at radius 1 is 1.35 bits per heavy atom. The predicted octanol–water partition coefficient (Wildman–Crippen LogP) is 0.441. The molecule has 0 aromatic heterocycles. The van der Waals surface area contributed by atoms with Crippen molar-refractivity contribution in [3.63, 3.8) is 0 Å². The second-order valence-electron chi connectivity index (χ2n) is 5.76. The van der Waals surface area contributed by atoms with Crippen LogP contribution in [0.3, 0.4) is 0 Å². The van der Waals surface area contributed by atoms with E-state index in [2.05, 4.69) is 29.2 Å². The minimum Gasteiger partial charge on any atom is -0.392 e. The topological polar surface area (TPSA) is 61.6 Å². The standard InChI is InChI=1S/C14H28N4OS/c1-5-14(6-2,12(15)20)13(19)16-9-11-10-17(3)7-8-18(11)4/h11H,5-10H2,1-4H3,(H2,15,20)(H,16,19). The van der Waals surface area contributed by atoms with Gasteiger partial charge in [0, 0.05) is 32.2 Å².